The molecule has 194 valence electrons. The second-order valence-corrected chi connectivity index (χ2v) is 10.1. The number of rotatable bonds is 9. The Kier molecular flexibility index (Phi) is 8.44. The molecule has 1 aromatic carbocycles. The maximum atomic E-state index is 13.5. The lowest BCUT2D eigenvalue weighted by Gasteiger charge is -2.31. The van der Waals surface area contributed by atoms with Crippen molar-refractivity contribution in [2.45, 2.75) is 76.9 Å². The van der Waals surface area contributed by atoms with Crippen LogP contribution < -0.4 is 10.1 Å². The number of fused-ring (bicyclic) bond motifs is 1. The molecule has 1 saturated carbocycles. The van der Waals surface area contributed by atoms with E-state index in [2.05, 4.69) is 5.32 Å². The Morgan fingerprint density at radius 2 is 1.75 bits per heavy atom. The number of hydrogen-bond donors (Lipinski definition) is 1. The van der Waals surface area contributed by atoms with Crippen molar-refractivity contribution in [2.24, 2.45) is 11.8 Å². The Morgan fingerprint density at radius 1 is 1.08 bits per heavy atom. The predicted molar refractivity (Wildman–Crippen MR) is 135 cm³/mol. The third-order valence-corrected chi connectivity index (χ3v) is 7.75. The Morgan fingerprint density at radius 3 is 2.39 bits per heavy atom. The number of nitrogens with one attached hydrogen (secondary N) is 1. The average molecular weight is 496 g/mol. The molecule has 1 aromatic rings. The fourth-order valence-electron chi connectivity index (χ4n) is 5.56. The lowest BCUT2D eigenvalue weighted by Crippen LogP contribution is -2.51. The van der Waals surface area contributed by atoms with E-state index in [1.165, 1.54) is 11.3 Å². The van der Waals surface area contributed by atoms with Gasteiger partial charge in [-0.3, -0.25) is 24.1 Å². The molecule has 1 heterocycles. The number of likely N-dealkylation sites (tertiary alicyclic amines) is 1. The minimum atomic E-state index is -0.692. The van der Waals surface area contributed by atoms with Crippen molar-refractivity contribution in [2.75, 3.05) is 13.7 Å². The number of nitrogens with zero attached hydrogens (tertiary/aromatic N) is 2. The highest BCUT2D eigenvalue weighted by Gasteiger charge is 2.47. The van der Waals surface area contributed by atoms with E-state index >= 15 is 0 Å². The molecule has 8 nitrogen and oxygen atoms in total. The molecule has 1 N–H and O–H groups in total. The summed E-state index contributed by atoms with van der Waals surface area (Å²) in [6.45, 7) is 2.00. The first kappa shape index (κ1) is 25.9. The molecule has 0 spiro atoms. The van der Waals surface area contributed by atoms with Gasteiger partial charge in [-0.2, -0.15) is 0 Å². The maximum Gasteiger partial charge on any atom is 0.242 e. The lowest BCUT2D eigenvalue weighted by molar-refractivity contribution is -0.144. The van der Waals surface area contributed by atoms with Crippen molar-refractivity contribution in [3.05, 3.63) is 42.0 Å². The number of hydrogen-bond acceptors (Lipinski definition) is 5. The van der Waals surface area contributed by atoms with E-state index in [1.807, 2.05) is 36.4 Å². The zero-order chi connectivity index (χ0) is 25.7. The van der Waals surface area contributed by atoms with Gasteiger partial charge in [0.1, 0.15) is 11.8 Å². The molecule has 0 bridgehead atoms. The highest BCUT2D eigenvalue weighted by Crippen LogP contribution is 2.35. The smallest absolute Gasteiger partial charge is 0.242 e. The Balaban J connectivity index is 1.45. The summed E-state index contributed by atoms with van der Waals surface area (Å²) in [5.74, 6) is -0.782. The number of carbonyl (C=O) groups is 4. The van der Waals surface area contributed by atoms with Crippen LogP contribution in [0.15, 0.2) is 36.4 Å². The van der Waals surface area contributed by atoms with Crippen molar-refractivity contribution in [3.63, 3.8) is 0 Å². The first-order valence-corrected chi connectivity index (χ1v) is 13.1. The number of ether oxygens (including phenoxy) is 1. The molecule has 36 heavy (non-hydrogen) atoms. The average Bonchev–Trinajstić information content (AvgIpc) is 3.15. The van der Waals surface area contributed by atoms with Crippen molar-refractivity contribution < 1.29 is 23.9 Å². The van der Waals surface area contributed by atoms with Crippen LogP contribution in [0.25, 0.3) is 0 Å². The van der Waals surface area contributed by atoms with E-state index < -0.39 is 6.04 Å². The van der Waals surface area contributed by atoms with E-state index in [9.17, 15) is 19.2 Å². The van der Waals surface area contributed by atoms with E-state index in [1.54, 1.807) is 18.9 Å². The van der Waals surface area contributed by atoms with Crippen LogP contribution in [0.4, 0.5) is 0 Å². The van der Waals surface area contributed by atoms with Gasteiger partial charge in [0.25, 0.3) is 0 Å². The van der Waals surface area contributed by atoms with Crippen LogP contribution in [-0.2, 0) is 25.7 Å². The summed E-state index contributed by atoms with van der Waals surface area (Å²) in [4.78, 5) is 55.1. The summed E-state index contributed by atoms with van der Waals surface area (Å²) in [6, 6.07) is 6.85. The van der Waals surface area contributed by atoms with Crippen LogP contribution in [0, 0.1) is 11.8 Å². The summed E-state index contributed by atoms with van der Waals surface area (Å²) < 4.78 is 5.32. The van der Waals surface area contributed by atoms with Gasteiger partial charge < -0.3 is 15.0 Å². The standard InChI is InChI=1S/C28H37N3O5/c1-19(26(33)29-21-10-4-3-5-11-21)31(18-20-9-8-12-22(17-20)36-2)25(32)15-16-30-27(34)23-13-6-7-14-24(23)28(30)35/h6-9,12,17,19,21,23-24H,3-5,10-11,13-16,18H2,1-2H3,(H,29,33)/t19?,23-,24+. The maximum absolute atomic E-state index is 13.5. The summed E-state index contributed by atoms with van der Waals surface area (Å²) in [5, 5.41) is 3.12. The van der Waals surface area contributed by atoms with Gasteiger partial charge >= 0.3 is 0 Å². The highest BCUT2D eigenvalue weighted by atomic mass is 16.5. The highest BCUT2D eigenvalue weighted by molar-refractivity contribution is 6.05. The topological polar surface area (TPSA) is 96.0 Å². The molecule has 1 saturated heterocycles. The van der Waals surface area contributed by atoms with Crippen molar-refractivity contribution in [1.82, 2.24) is 15.1 Å². The summed E-state index contributed by atoms with van der Waals surface area (Å²) in [6.07, 6.45) is 10.3. The fourth-order valence-corrected chi connectivity index (χ4v) is 5.56. The fraction of sp³-hybridized carbons (Fsp3) is 0.571. The third-order valence-electron chi connectivity index (χ3n) is 7.75. The van der Waals surface area contributed by atoms with Gasteiger partial charge in [0, 0.05) is 25.6 Å². The quantitative estimate of drug-likeness (QED) is 0.419. The van der Waals surface area contributed by atoms with E-state index in [-0.39, 0.29) is 61.0 Å². The monoisotopic (exact) mass is 495 g/mol. The first-order chi connectivity index (χ1) is 17.4. The van der Waals surface area contributed by atoms with Crippen LogP contribution in [0.3, 0.4) is 0 Å². The minimum absolute atomic E-state index is 0.0185. The zero-order valence-electron chi connectivity index (χ0n) is 21.3. The summed E-state index contributed by atoms with van der Waals surface area (Å²) >= 11 is 0. The van der Waals surface area contributed by atoms with E-state index in [0.717, 1.165) is 31.2 Å². The molecule has 1 unspecified atom stereocenters. The van der Waals surface area contributed by atoms with Gasteiger partial charge in [0.05, 0.1) is 18.9 Å². The lowest BCUT2D eigenvalue weighted by atomic mass is 9.85. The second kappa shape index (κ2) is 11.7. The van der Waals surface area contributed by atoms with Crippen LogP contribution in [0.5, 0.6) is 5.75 Å². The normalized spacial score (nSPS) is 22.8. The molecular formula is C28H37N3O5. The Hall–Kier alpha value is -3.16. The second-order valence-electron chi connectivity index (χ2n) is 10.1. The number of amides is 4. The summed E-state index contributed by atoms with van der Waals surface area (Å²) in [5.41, 5.74) is 0.838. The molecule has 0 aromatic heterocycles. The van der Waals surface area contributed by atoms with Crippen LogP contribution >= 0.6 is 0 Å². The van der Waals surface area contributed by atoms with Crippen molar-refractivity contribution in [3.8, 4) is 5.75 Å². The molecule has 2 aliphatic carbocycles. The van der Waals surface area contributed by atoms with Gasteiger partial charge in [-0.1, -0.05) is 43.5 Å². The molecule has 3 atom stereocenters. The number of benzene rings is 1. The van der Waals surface area contributed by atoms with E-state index in [4.69, 9.17) is 4.74 Å². The Labute approximate surface area is 213 Å². The van der Waals surface area contributed by atoms with Gasteiger partial charge in [0.2, 0.25) is 23.6 Å². The van der Waals surface area contributed by atoms with Gasteiger partial charge in [0.15, 0.2) is 0 Å². The van der Waals surface area contributed by atoms with E-state index in [0.29, 0.717) is 18.6 Å². The molecule has 4 rings (SSSR count). The number of allylic oxidation sites excluding steroid dienone is 2. The number of carbonyl (C=O) groups excluding carboxylic acids is 4. The largest absolute Gasteiger partial charge is 0.497 e. The summed E-state index contributed by atoms with van der Waals surface area (Å²) in [7, 11) is 1.58. The molecule has 1 aliphatic heterocycles. The molecule has 0 radical (unpaired) electrons. The van der Waals surface area contributed by atoms with Gasteiger partial charge in [-0.05, 0) is 50.3 Å². The van der Waals surface area contributed by atoms with Gasteiger partial charge in [-0.15, -0.1) is 0 Å². The van der Waals surface area contributed by atoms with Crippen molar-refractivity contribution in [1.29, 1.82) is 0 Å². The van der Waals surface area contributed by atoms with Crippen molar-refractivity contribution >= 4 is 23.6 Å². The van der Waals surface area contributed by atoms with Gasteiger partial charge in [-0.25, -0.2) is 0 Å². The number of imide groups is 1. The molecule has 8 heteroatoms. The minimum Gasteiger partial charge on any atom is -0.497 e. The number of methoxy groups -OCH3 is 1. The SMILES string of the molecule is COc1cccc(CN(C(=O)CCN2C(=O)[C@H]3CC=CC[C@H]3C2=O)C(C)C(=O)NC2CCCCC2)c1. The van der Waals surface area contributed by atoms with Crippen LogP contribution in [0.1, 0.15) is 63.9 Å². The van der Waals surface area contributed by atoms with Crippen LogP contribution in [-0.4, -0.2) is 59.2 Å². The van der Waals surface area contributed by atoms with Crippen LogP contribution in [0.2, 0.25) is 0 Å². The zero-order valence-corrected chi connectivity index (χ0v) is 21.3. The third kappa shape index (κ3) is 5.79. The first-order valence-electron chi connectivity index (χ1n) is 13.1. The molecular weight excluding hydrogens is 458 g/mol. The predicted octanol–water partition coefficient (Wildman–Crippen LogP) is 3.20. The molecule has 4 amide bonds. The molecule has 3 aliphatic rings. The Bertz CT molecular complexity index is 990. The molecule has 2 fully saturated rings.